The lowest BCUT2D eigenvalue weighted by atomic mass is 10.3. The Kier molecular flexibility index (Phi) is 4.70. The minimum atomic E-state index is -0.426. The number of nitrogens with zero attached hydrogens (tertiary/aromatic N) is 4. The number of anilines is 2. The van der Waals surface area contributed by atoms with Crippen LogP contribution >= 0.6 is 0 Å². The molecule has 112 valence electrons. The van der Waals surface area contributed by atoms with Crippen LogP contribution in [0.25, 0.3) is 0 Å². The molecule has 0 saturated carbocycles. The highest BCUT2D eigenvalue weighted by Crippen LogP contribution is 2.20. The van der Waals surface area contributed by atoms with Crippen LogP contribution in [-0.4, -0.2) is 32.8 Å². The van der Waals surface area contributed by atoms with Crippen molar-refractivity contribution < 1.29 is 4.92 Å². The summed E-state index contributed by atoms with van der Waals surface area (Å²) in [5, 5.41) is 21.2. The Balaban J connectivity index is 2.02. The number of aromatic nitrogens is 3. The highest BCUT2D eigenvalue weighted by atomic mass is 16.6. The Morgan fingerprint density at radius 1 is 1.33 bits per heavy atom. The van der Waals surface area contributed by atoms with Crippen LogP contribution in [-0.2, 0) is 6.54 Å². The minimum Gasteiger partial charge on any atom is -0.370 e. The molecule has 21 heavy (non-hydrogen) atoms. The van der Waals surface area contributed by atoms with Crippen LogP contribution in [0.3, 0.4) is 0 Å². The molecule has 8 nitrogen and oxygen atoms in total. The van der Waals surface area contributed by atoms with Crippen molar-refractivity contribution in [3.8, 4) is 0 Å². The third-order valence-corrected chi connectivity index (χ3v) is 2.79. The fraction of sp³-hybridized carbons (Fsp3) is 0.385. The molecule has 8 heteroatoms. The molecule has 0 unspecified atom stereocenters. The molecular formula is C13H18N6O2. The summed E-state index contributed by atoms with van der Waals surface area (Å²) in [6, 6.07) is 2.85. The van der Waals surface area contributed by atoms with Gasteiger partial charge in [-0.15, -0.1) is 0 Å². The first-order chi connectivity index (χ1) is 10.1. The lowest BCUT2D eigenvalue weighted by Crippen LogP contribution is -2.12. The number of nitrogens with one attached hydrogen (secondary N) is 2. The molecule has 0 radical (unpaired) electrons. The van der Waals surface area contributed by atoms with Crippen molar-refractivity contribution >= 4 is 17.3 Å². The van der Waals surface area contributed by atoms with E-state index in [2.05, 4.69) is 20.7 Å². The molecule has 0 aromatic carbocycles. The largest absolute Gasteiger partial charge is 0.370 e. The van der Waals surface area contributed by atoms with Crippen molar-refractivity contribution in [3.05, 3.63) is 40.2 Å². The van der Waals surface area contributed by atoms with Gasteiger partial charge in [-0.3, -0.25) is 14.8 Å². The number of aryl methyl sites for hydroxylation is 1. The SMILES string of the molecule is CCNc1cc([N+](=O)[O-])cc(NCCn2cc(C)cn2)n1. The lowest BCUT2D eigenvalue weighted by molar-refractivity contribution is -0.384. The predicted molar refractivity (Wildman–Crippen MR) is 80.5 cm³/mol. The van der Waals surface area contributed by atoms with Crippen molar-refractivity contribution in [2.24, 2.45) is 0 Å². The Morgan fingerprint density at radius 2 is 2.05 bits per heavy atom. The molecule has 0 bridgehead atoms. The van der Waals surface area contributed by atoms with E-state index in [1.54, 1.807) is 6.20 Å². The van der Waals surface area contributed by atoms with Crippen LogP contribution < -0.4 is 10.6 Å². The summed E-state index contributed by atoms with van der Waals surface area (Å²) >= 11 is 0. The number of hydrogen-bond acceptors (Lipinski definition) is 6. The van der Waals surface area contributed by atoms with Crippen LogP contribution in [0.2, 0.25) is 0 Å². The van der Waals surface area contributed by atoms with Gasteiger partial charge in [-0.25, -0.2) is 4.98 Å². The number of pyridine rings is 1. The van der Waals surface area contributed by atoms with Gasteiger partial charge in [-0.1, -0.05) is 0 Å². The van der Waals surface area contributed by atoms with Gasteiger partial charge in [0.15, 0.2) is 0 Å². The zero-order valence-corrected chi connectivity index (χ0v) is 12.0. The molecular weight excluding hydrogens is 272 g/mol. The van der Waals surface area contributed by atoms with Gasteiger partial charge in [0, 0.05) is 19.3 Å². The second-order valence-electron chi connectivity index (χ2n) is 4.59. The number of rotatable bonds is 7. The third-order valence-electron chi connectivity index (χ3n) is 2.79. The second-order valence-corrected chi connectivity index (χ2v) is 4.59. The van der Waals surface area contributed by atoms with Gasteiger partial charge in [-0.05, 0) is 19.4 Å². The van der Waals surface area contributed by atoms with E-state index in [0.29, 0.717) is 31.3 Å². The minimum absolute atomic E-state index is 0.0124. The fourth-order valence-corrected chi connectivity index (χ4v) is 1.87. The van der Waals surface area contributed by atoms with Crippen molar-refractivity contribution in [1.82, 2.24) is 14.8 Å². The van der Waals surface area contributed by atoms with Crippen LogP contribution in [0, 0.1) is 17.0 Å². The van der Waals surface area contributed by atoms with E-state index in [0.717, 1.165) is 5.56 Å². The van der Waals surface area contributed by atoms with Crippen molar-refractivity contribution in [3.63, 3.8) is 0 Å². The van der Waals surface area contributed by atoms with Crippen molar-refractivity contribution in [1.29, 1.82) is 0 Å². The fourth-order valence-electron chi connectivity index (χ4n) is 1.87. The highest BCUT2D eigenvalue weighted by Gasteiger charge is 2.10. The maximum absolute atomic E-state index is 10.9. The molecule has 0 saturated heterocycles. The van der Waals surface area contributed by atoms with Gasteiger partial charge < -0.3 is 10.6 Å². The van der Waals surface area contributed by atoms with E-state index in [1.807, 2.05) is 24.7 Å². The molecule has 0 aliphatic heterocycles. The van der Waals surface area contributed by atoms with Crippen LogP contribution in [0.1, 0.15) is 12.5 Å². The Labute approximate surface area is 122 Å². The van der Waals surface area contributed by atoms with Crippen LogP contribution in [0.15, 0.2) is 24.5 Å². The van der Waals surface area contributed by atoms with Crippen molar-refractivity contribution in [2.45, 2.75) is 20.4 Å². The summed E-state index contributed by atoms with van der Waals surface area (Å²) < 4.78 is 1.81. The summed E-state index contributed by atoms with van der Waals surface area (Å²) in [4.78, 5) is 14.8. The van der Waals surface area contributed by atoms with Crippen molar-refractivity contribution in [2.75, 3.05) is 23.7 Å². The Bertz CT molecular complexity index is 625. The maximum Gasteiger partial charge on any atom is 0.276 e. The highest BCUT2D eigenvalue weighted by molar-refractivity contribution is 5.54. The zero-order chi connectivity index (χ0) is 15.2. The van der Waals surface area contributed by atoms with E-state index in [9.17, 15) is 10.1 Å². The smallest absolute Gasteiger partial charge is 0.276 e. The molecule has 2 aromatic heterocycles. The third kappa shape index (κ3) is 4.16. The molecule has 0 aliphatic carbocycles. The quantitative estimate of drug-likeness (QED) is 0.598. The molecule has 0 atom stereocenters. The van der Waals surface area contributed by atoms with E-state index < -0.39 is 4.92 Å². The molecule has 2 heterocycles. The van der Waals surface area contributed by atoms with E-state index in [1.165, 1.54) is 12.1 Å². The Hall–Kier alpha value is -2.64. The summed E-state index contributed by atoms with van der Waals surface area (Å²) in [6.45, 7) is 5.78. The lowest BCUT2D eigenvalue weighted by Gasteiger charge is -2.08. The number of nitro groups is 1. The van der Waals surface area contributed by atoms with Crippen LogP contribution in [0.4, 0.5) is 17.3 Å². The topological polar surface area (TPSA) is 97.9 Å². The molecule has 2 aromatic rings. The Morgan fingerprint density at radius 3 is 2.62 bits per heavy atom. The molecule has 0 aliphatic rings. The average Bonchev–Trinajstić information content (AvgIpc) is 2.84. The van der Waals surface area contributed by atoms with E-state index >= 15 is 0 Å². The first kappa shape index (κ1) is 14.8. The van der Waals surface area contributed by atoms with Gasteiger partial charge in [0.25, 0.3) is 5.69 Å². The monoisotopic (exact) mass is 290 g/mol. The van der Waals surface area contributed by atoms with Crippen LogP contribution in [0.5, 0.6) is 0 Å². The van der Waals surface area contributed by atoms with Gasteiger partial charge in [0.05, 0.1) is 29.8 Å². The van der Waals surface area contributed by atoms with Gasteiger partial charge in [-0.2, -0.15) is 5.10 Å². The summed E-state index contributed by atoms with van der Waals surface area (Å²) in [5.41, 5.74) is 1.11. The zero-order valence-electron chi connectivity index (χ0n) is 12.0. The van der Waals surface area contributed by atoms with Gasteiger partial charge in [0.1, 0.15) is 11.6 Å². The second kappa shape index (κ2) is 6.69. The molecule has 0 amide bonds. The molecule has 2 N–H and O–H groups in total. The standard InChI is InChI=1S/C13H18N6O2/c1-3-14-12-6-11(19(20)21)7-13(17-12)15-4-5-18-9-10(2)8-16-18/h6-9H,3-5H2,1-2H3,(H2,14,15,17). The number of hydrogen-bond donors (Lipinski definition) is 2. The van der Waals surface area contributed by atoms with Gasteiger partial charge >= 0.3 is 0 Å². The van der Waals surface area contributed by atoms with E-state index in [4.69, 9.17) is 0 Å². The molecule has 0 fully saturated rings. The molecule has 0 spiro atoms. The first-order valence-electron chi connectivity index (χ1n) is 6.71. The normalized spacial score (nSPS) is 10.4. The maximum atomic E-state index is 10.9. The summed E-state index contributed by atoms with van der Waals surface area (Å²) in [6.07, 6.45) is 3.72. The molecule has 2 rings (SSSR count). The van der Waals surface area contributed by atoms with Gasteiger partial charge in [0.2, 0.25) is 0 Å². The summed E-state index contributed by atoms with van der Waals surface area (Å²) in [7, 11) is 0. The predicted octanol–water partition coefficient (Wildman–Crippen LogP) is 2.04. The van der Waals surface area contributed by atoms with E-state index in [-0.39, 0.29) is 5.69 Å². The first-order valence-corrected chi connectivity index (χ1v) is 6.71. The summed E-state index contributed by atoms with van der Waals surface area (Å²) in [5.74, 6) is 0.966. The average molecular weight is 290 g/mol.